The van der Waals surface area contributed by atoms with Crippen molar-refractivity contribution < 1.29 is 14.3 Å². The van der Waals surface area contributed by atoms with Crippen molar-refractivity contribution in [1.29, 1.82) is 0 Å². The molecule has 0 aromatic heterocycles. The Hall–Kier alpha value is -3.01. The van der Waals surface area contributed by atoms with Gasteiger partial charge in [0.15, 0.2) is 11.5 Å². The summed E-state index contributed by atoms with van der Waals surface area (Å²) in [5, 5.41) is 5.23. The predicted octanol–water partition coefficient (Wildman–Crippen LogP) is 5.60. The first-order chi connectivity index (χ1) is 13.7. The second-order valence-corrected chi connectivity index (χ2v) is 6.72. The summed E-state index contributed by atoms with van der Waals surface area (Å²) in [6, 6.07) is 19.7. The quantitative estimate of drug-likeness (QED) is 0.528. The number of amides is 1. The lowest BCUT2D eigenvalue weighted by molar-refractivity contribution is -0.115. The SMILES string of the molecule is CCCOc1ccc(NC(=O)Cc2cccc3ccccc23)cc1OCCC. The van der Waals surface area contributed by atoms with Gasteiger partial charge in [0, 0.05) is 11.8 Å². The average Bonchev–Trinajstić information content (AvgIpc) is 2.71. The van der Waals surface area contributed by atoms with Gasteiger partial charge in [-0.2, -0.15) is 0 Å². The van der Waals surface area contributed by atoms with Crippen LogP contribution in [0.3, 0.4) is 0 Å². The lowest BCUT2D eigenvalue weighted by atomic mass is 10.0. The van der Waals surface area contributed by atoms with Crippen molar-refractivity contribution in [3.05, 3.63) is 66.2 Å². The average molecular weight is 377 g/mol. The molecule has 1 amide bonds. The summed E-state index contributed by atoms with van der Waals surface area (Å²) in [4.78, 5) is 12.6. The maximum atomic E-state index is 12.6. The third-order valence-electron chi connectivity index (χ3n) is 4.38. The molecule has 4 nitrogen and oxygen atoms in total. The number of benzene rings is 3. The zero-order valence-corrected chi connectivity index (χ0v) is 16.5. The molecule has 0 aliphatic carbocycles. The van der Waals surface area contributed by atoms with Crippen LogP contribution < -0.4 is 14.8 Å². The summed E-state index contributed by atoms with van der Waals surface area (Å²) >= 11 is 0. The number of ether oxygens (including phenoxy) is 2. The van der Waals surface area contributed by atoms with Crippen LogP contribution in [0.1, 0.15) is 32.3 Å². The minimum atomic E-state index is -0.0555. The van der Waals surface area contributed by atoms with E-state index in [1.807, 2.05) is 42.5 Å². The Morgan fingerprint density at radius 2 is 1.57 bits per heavy atom. The number of rotatable bonds is 9. The molecule has 0 aliphatic heterocycles. The summed E-state index contributed by atoms with van der Waals surface area (Å²) in [6.45, 7) is 5.36. The molecule has 3 rings (SSSR count). The minimum Gasteiger partial charge on any atom is -0.490 e. The highest BCUT2D eigenvalue weighted by Gasteiger charge is 2.11. The maximum absolute atomic E-state index is 12.6. The summed E-state index contributed by atoms with van der Waals surface area (Å²) in [6.07, 6.45) is 2.15. The molecule has 0 bridgehead atoms. The summed E-state index contributed by atoms with van der Waals surface area (Å²) < 4.78 is 11.6. The van der Waals surface area contributed by atoms with Gasteiger partial charge in [0.05, 0.1) is 19.6 Å². The molecule has 0 unspecified atom stereocenters. The van der Waals surface area contributed by atoms with E-state index in [1.54, 1.807) is 0 Å². The third kappa shape index (κ3) is 5.03. The van der Waals surface area contributed by atoms with Gasteiger partial charge in [-0.3, -0.25) is 4.79 Å². The molecule has 0 aliphatic rings. The molecule has 28 heavy (non-hydrogen) atoms. The second-order valence-electron chi connectivity index (χ2n) is 6.72. The summed E-state index contributed by atoms with van der Waals surface area (Å²) in [5.41, 5.74) is 1.72. The van der Waals surface area contributed by atoms with Gasteiger partial charge < -0.3 is 14.8 Å². The van der Waals surface area contributed by atoms with E-state index < -0.39 is 0 Å². The van der Waals surface area contributed by atoms with Crippen LogP contribution >= 0.6 is 0 Å². The molecule has 0 spiro atoms. The molecule has 0 heterocycles. The molecule has 3 aromatic rings. The Balaban J connectivity index is 1.73. The molecule has 0 atom stereocenters. The topological polar surface area (TPSA) is 47.6 Å². The molecule has 0 saturated carbocycles. The monoisotopic (exact) mass is 377 g/mol. The van der Waals surface area contributed by atoms with Crippen molar-refractivity contribution in [2.45, 2.75) is 33.1 Å². The molecule has 0 saturated heterocycles. The number of hydrogen-bond acceptors (Lipinski definition) is 3. The zero-order chi connectivity index (χ0) is 19.8. The van der Waals surface area contributed by atoms with Gasteiger partial charge in [0.1, 0.15) is 0 Å². The Morgan fingerprint density at radius 3 is 2.36 bits per heavy atom. The fourth-order valence-corrected chi connectivity index (χ4v) is 3.07. The van der Waals surface area contributed by atoms with Crippen molar-refractivity contribution in [1.82, 2.24) is 0 Å². The van der Waals surface area contributed by atoms with E-state index in [1.165, 1.54) is 0 Å². The predicted molar refractivity (Wildman–Crippen MR) is 114 cm³/mol. The Labute approximate surface area is 166 Å². The Kier molecular flexibility index (Phi) is 6.90. The van der Waals surface area contributed by atoms with Crippen LogP contribution in [0.15, 0.2) is 60.7 Å². The van der Waals surface area contributed by atoms with Crippen molar-refractivity contribution in [3.63, 3.8) is 0 Å². The third-order valence-corrected chi connectivity index (χ3v) is 4.38. The van der Waals surface area contributed by atoms with Crippen LogP contribution in [0.2, 0.25) is 0 Å². The van der Waals surface area contributed by atoms with Gasteiger partial charge in [-0.1, -0.05) is 56.3 Å². The Bertz CT molecular complexity index is 931. The Morgan fingerprint density at radius 1 is 0.857 bits per heavy atom. The van der Waals surface area contributed by atoms with Gasteiger partial charge in [0.2, 0.25) is 5.91 Å². The van der Waals surface area contributed by atoms with Crippen LogP contribution in [0, 0.1) is 0 Å². The van der Waals surface area contributed by atoms with E-state index in [2.05, 4.69) is 37.4 Å². The van der Waals surface area contributed by atoms with E-state index in [0.717, 1.165) is 29.2 Å². The smallest absolute Gasteiger partial charge is 0.228 e. The van der Waals surface area contributed by atoms with Crippen LogP contribution in [-0.2, 0) is 11.2 Å². The number of anilines is 1. The second kappa shape index (κ2) is 9.79. The first-order valence-electron chi connectivity index (χ1n) is 9.87. The molecule has 0 radical (unpaired) electrons. The lowest BCUT2D eigenvalue weighted by Gasteiger charge is -2.14. The van der Waals surface area contributed by atoms with Crippen LogP contribution in [-0.4, -0.2) is 19.1 Å². The molecule has 146 valence electrons. The van der Waals surface area contributed by atoms with Gasteiger partial charge in [0.25, 0.3) is 0 Å². The molecule has 0 fully saturated rings. The van der Waals surface area contributed by atoms with Gasteiger partial charge >= 0.3 is 0 Å². The van der Waals surface area contributed by atoms with Crippen molar-refractivity contribution in [3.8, 4) is 11.5 Å². The van der Waals surface area contributed by atoms with Gasteiger partial charge in [-0.05, 0) is 41.3 Å². The summed E-state index contributed by atoms with van der Waals surface area (Å²) in [5.74, 6) is 1.32. The fraction of sp³-hybridized carbons (Fsp3) is 0.292. The van der Waals surface area contributed by atoms with Crippen LogP contribution in [0.5, 0.6) is 11.5 Å². The molecular formula is C24H27NO3. The number of hydrogen-bond donors (Lipinski definition) is 1. The van der Waals surface area contributed by atoms with Crippen molar-refractivity contribution in [2.24, 2.45) is 0 Å². The normalized spacial score (nSPS) is 10.6. The van der Waals surface area contributed by atoms with E-state index in [9.17, 15) is 4.79 Å². The van der Waals surface area contributed by atoms with E-state index >= 15 is 0 Å². The highest BCUT2D eigenvalue weighted by atomic mass is 16.5. The van der Waals surface area contributed by atoms with E-state index in [0.29, 0.717) is 36.8 Å². The first-order valence-corrected chi connectivity index (χ1v) is 9.87. The van der Waals surface area contributed by atoms with Crippen LogP contribution in [0.25, 0.3) is 10.8 Å². The minimum absolute atomic E-state index is 0.0555. The fourth-order valence-electron chi connectivity index (χ4n) is 3.07. The van der Waals surface area contributed by atoms with Crippen molar-refractivity contribution in [2.75, 3.05) is 18.5 Å². The standard InChI is InChI=1S/C24H27NO3/c1-3-14-27-22-13-12-20(17-23(22)28-15-4-2)25-24(26)16-19-10-7-9-18-8-5-6-11-21(18)19/h5-13,17H,3-4,14-16H2,1-2H3,(H,25,26). The number of fused-ring (bicyclic) bond motifs is 1. The molecule has 1 N–H and O–H groups in total. The van der Waals surface area contributed by atoms with Crippen LogP contribution in [0.4, 0.5) is 5.69 Å². The number of nitrogens with one attached hydrogen (secondary N) is 1. The molecule has 3 aromatic carbocycles. The zero-order valence-electron chi connectivity index (χ0n) is 16.5. The largest absolute Gasteiger partial charge is 0.490 e. The van der Waals surface area contributed by atoms with E-state index in [-0.39, 0.29) is 5.91 Å². The van der Waals surface area contributed by atoms with E-state index in [4.69, 9.17) is 9.47 Å². The van der Waals surface area contributed by atoms with Gasteiger partial charge in [-0.25, -0.2) is 0 Å². The number of carbonyl (C=O) groups is 1. The molecule has 4 heteroatoms. The lowest BCUT2D eigenvalue weighted by Crippen LogP contribution is -2.14. The highest BCUT2D eigenvalue weighted by molar-refractivity contribution is 5.96. The van der Waals surface area contributed by atoms with Crippen molar-refractivity contribution >= 4 is 22.4 Å². The highest BCUT2D eigenvalue weighted by Crippen LogP contribution is 2.31. The molecular weight excluding hydrogens is 350 g/mol. The maximum Gasteiger partial charge on any atom is 0.228 e. The summed E-state index contributed by atoms with van der Waals surface area (Å²) in [7, 11) is 0. The number of carbonyl (C=O) groups excluding carboxylic acids is 1. The first kappa shape index (κ1) is 19.7. The van der Waals surface area contributed by atoms with Gasteiger partial charge in [-0.15, -0.1) is 0 Å².